The molecule has 0 amide bonds. The van der Waals surface area contributed by atoms with Crippen molar-refractivity contribution in [2.75, 3.05) is 38.2 Å². The molecule has 2 aliphatic heterocycles. The largest absolute Gasteiger partial charge is 0.465 e. The number of likely N-dealkylation sites (tertiary alicyclic amines) is 1. The molecule has 0 spiro atoms. The van der Waals surface area contributed by atoms with Gasteiger partial charge in [0.05, 0.1) is 12.7 Å². The summed E-state index contributed by atoms with van der Waals surface area (Å²) in [5, 5.41) is 0. The molecule has 0 N–H and O–H groups in total. The van der Waals surface area contributed by atoms with Gasteiger partial charge in [0, 0.05) is 25.3 Å². The summed E-state index contributed by atoms with van der Waals surface area (Å²) in [5.41, 5.74) is 0.571. The fourth-order valence-electron chi connectivity index (χ4n) is 3.19. The summed E-state index contributed by atoms with van der Waals surface area (Å²) in [5.74, 6) is 0.582. The van der Waals surface area contributed by atoms with Gasteiger partial charge >= 0.3 is 5.97 Å². The lowest BCUT2D eigenvalue weighted by molar-refractivity contribution is 0.0600. The highest BCUT2D eigenvalue weighted by atomic mass is 16.5. The van der Waals surface area contributed by atoms with Gasteiger partial charge in [-0.1, -0.05) is 0 Å². The van der Waals surface area contributed by atoms with E-state index in [4.69, 9.17) is 4.74 Å². The average molecular weight is 275 g/mol. The monoisotopic (exact) mass is 275 g/mol. The Bertz CT molecular complexity index is 486. The predicted molar refractivity (Wildman–Crippen MR) is 77.0 cm³/mol. The SMILES string of the molecule is COC(=O)c1ccnc(N2CCC(N3CCCC3)C2)c1. The van der Waals surface area contributed by atoms with Crippen molar-refractivity contribution >= 4 is 11.8 Å². The van der Waals surface area contributed by atoms with E-state index >= 15 is 0 Å². The van der Waals surface area contributed by atoms with E-state index in [1.54, 1.807) is 12.3 Å². The highest BCUT2D eigenvalue weighted by Crippen LogP contribution is 2.24. The van der Waals surface area contributed by atoms with E-state index in [9.17, 15) is 4.79 Å². The van der Waals surface area contributed by atoms with Crippen molar-refractivity contribution in [2.24, 2.45) is 0 Å². The Balaban J connectivity index is 1.69. The highest BCUT2D eigenvalue weighted by Gasteiger charge is 2.30. The summed E-state index contributed by atoms with van der Waals surface area (Å²) in [6, 6.07) is 4.17. The quantitative estimate of drug-likeness (QED) is 0.783. The van der Waals surface area contributed by atoms with E-state index < -0.39 is 0 Å². The number of nitrogens with zero attached hydrogens (tertiary/aromatic N) is 3. The molecule has 1 aromatic rings. The summed E-state index contributed by atoms with van der Waals surface area (Å²) < 4.78 is 4.76. The molecule has 2 saturated heterocycles. The van der Waals surface area contributed by atoms with Crippen molar-refractivity contribution < 1.29 is 9.53 Å². The maximum absolute atomic E-state index is 11.6. The van der Waals surface area contributed by atoms with E-state index in [1.807, 2.05) is 6.07 Å². The van der Waals surface area contributed by atoms with Crippen LogP contribution in [0.3, 0.4) is 0 Å². The number of hydrogen-bond donors (Lipinski definition) is 0. The van der Waals surface area contributed by atoms with Gasteiger partial charge in [0.1, 0.15) is 5.82 Å². The van der Waals surface area contributed by atoms with E-state index in [0.29, 0.717) is 11.6 Å². The zero-order valence-electron chi connectivity index (χ0n) is 11.9. The summed E-state index contributed by atoms with van der Waals surface area (Å²) in [6.45, 7) is 4.48. The molecule has 1 aromatic heterocycles. The Morgan fingerprint density at radius 2 is 2.15 bits per heavy atom. The minimum Gasteiger partial charge on any atom is -0.465 e. The smallest absolute Gasteiger partial charge is 0.338 e. The summed E-state index contributed by atoms with van der Waals surface area (Å²) >= 11 is 0. The lowest BCUT2D eigenvalue weighted by atomic mass is 10.2. The van der Waals surface area contributed by atoms with Gasteiger partial charge in [-0.3, -0.25) is 4.90 Å². The number of methoxy groups -OCH3 is 1. The molecule has 5 nitrogen and oxygen atoms in total. The number of hydrogen-bond acceptors (Lipinski definition) is 5. The van der Waals surface area contributed by atoms with Gasteiger partial charge in [-0.25, -0.2) is 9.78 Å². The topological polar surface area (TPSA) is 45.7 Å². The Morgan fingerprint density at radius 3 is 2.90 bits per heavy atom. The van der Waals surface area contributed by atoms with Gasteiger partial charge in [-0.2, -0.15) is 0 Å². The van der Waals surface area contributed by atoms with Gasteiger partial charge in [-0.05, 0) is 44.5 Å². The first-order valence-electron chi connectivity index (χ1n) is 7.31. The molecule has 0 aromatic carbocycles. The van der Waals surface area contributed by atoms with Gasteiger partial charge in [0.25, 0.3) is 0 Å². The summed E-state index contributed by atoms with van der Waals surface area (Å²) in [4.78, 5) is 20.8. The van der Waals surface area contributed by atoms with Crippen LogP contribution in [0.1, 0.15) is 29.6 Å². The van der Waals surface area contributed by atoms with Crippen LogP contribution in [0.25, 0.3) is 0 Å². The van der Waals surface area contributed by atoms with Crippen LogP contribution in [0.4, 0.5) is 5.82 Å². The van der Waals surface area contributed by atoms with Crippen LogP contribution in [-0.4, -0.2) is 55.2 Å². The molecule has 3 rings (SSSR count). The van der Waals surface area contributed by atoms with Crippen LogP contribution >= 0.6 is 0 Å². The normalized spacial score (nSPS) is 23.2. The standard InChI is InChI=1S/C15H21N3O2/c1-20-15(19)12-4-6-16-14(10-12)18-9-5-13(11-18)17-7-2-3-8-17/h4,6,10,13H,2-3,5,7-9,11H2,1H3. The first kappa shape index (κ1) is 13.4. The molecule has 0 aliphatic carbocycles. The van der Waals surface area contributed by atoms with Crippen LogP contribution in [0.2, 0.25) is 0 Å². The van der Waals surface area contributed by atoms with Crippen molar-refractivity contribution in [3.05, 3.63) is 23.9 Å². The number of pyridine rings is 1. The number of ether oxygens (including phenoxy) is 1. The maximum Gasteiger partial charge on any atom is 0.338 e. The Morgan fingerprint density at radius 1 is 1.35 bits per heavy atom. The van der Waals surface area contributed by atoms with Crippen LogP contribution in [0, 0.1) is 0 Å². The Hall–Kier alpha value is -1.62. The highest BCUT2D eigenvalue weighted by molar-refractivity contribution is 5.90. The third-order valence-electron chi connectivity index (χ3n) is 4.31. The Kier molecular flexibility index (Phi) is 3.87. The van der Waals surface area contributed by atoms with Crippen molar-refractivity contribution in [1.82, 2.24) is 9.88 Å². The van der Waals surface area contributed by atoms with Gasteiger partial charge in [0.15, 0.2) is 0 Å². The van der Waals surface area contributed by atoms with Crippen LogP contribution < -0.4 is 4.90 Å². The van der Waals surface area contributed by atoms with Crippen LogP contribution in [0.15, 0.2) is 18.3 Å². The third-order valence-corrected chi connectivity index (χ3v) is 4.31. The van der Waals surface area contributed by atoms with Crippen molar-refractivity contribution in [2.45, 2.75) is 25.3 Å². The molecule has 2 fully saturated rings. The molecule has 5 heteroatoms. The lowest BCUT2D eigenvalue weighted by Crippen LogP contribution is -2.35. The fourth-order valence-corrected chi connectivity index (χ4v) is 3.19. The van der Waals surface area contributed by atoms with Gasteiger partial charge in [0.2, 0.25) is 0 Å². The van der Waals surface area contributed by atoms with Crippen LogP contribution in [-0.2, 0) is 4.74 Å². The zero-order chi connectivity index (χ0) is 13.9. The molecular formula is C15H21N3O2. The van der Waals surface area contributed by atoms with Crippen molar-refractivity contribution in [1.29, 1.82) is 0 Å². The number of anilines is 1. The average Bonchev–Trinajstić information content (AvgIpc) is 3.17. The van der Waals surface area contributed by atoms with E-state index in [0.717, 1.165) is 18.9 Å². The Labute approximate surface area is 119 Å². The number of aromatic nitrogens is 1. The van der Waals surface area contributed by atoms with E-state index in [1.165, 1.54) is 39.5 Å². The summed E-state index contributed by atoms with van der Waals surface area (Å²) in [7, 11) is 1.40. The van der Waals surface area contributed by atoms with Gasteiger partial charge in [-0.15, -0.1) is 0 Å². The number of esters is 1. The maximum atomic E-state index is 11.6. The first-order valence-corrected chi connectivity index (χ1v) is 7.31. The zero-order valence-corrected chi connectivity index (χ0v) is 11.9. The third kappa shape index (κ3) is 2.63. The minimum absolute atomic E-state index is 0.302. The second-order valence-corrected chi connectivity index (χ2v) is 5.53. The first-order chi connectivity index (χ1) is 9.78. The molecule has 0 radical (unpaired) electrons. The van der Waals surface area contributed by atoms with Crippen molar-refractivity contribution in [3.8, 4) is 0 Å². The van der Waals surface area contributed by atoms with E-state index in [2.05, 4.69) is 14.8 Å². The lowest BCUT2D eigenvalue weighted by Gasteiger charge is -2.24. The van der Waals surface area contributed by atoms with Crippen LogP contribution in [0.5, 0.6) is 0 Å². The molecular weight excluding hydrogens is 254 g/mol. The fraction of sp³-hybridized carbons (Fsp3) is 0.600. The molecule has 2 aliphatic rings. The molecule has 1 unspecified atom stereocenters. The summed E-state index contributed by atoms with van der Waals surface area (Å²) in [6.07, 6.45) is 5.52. The predicted octanol–water partition coefficient (Wildman–Crippen LogP) is 1.54. The molecule has 0 bridgehead atoms. The molecule has 108 valence electrons. The second-order valence-electron chi connectivity index (χ2n) is 5.53. The van der Waals surface area contributed by atoms with E-state index in [-0.39, 0.29) is 5.97 Å². The number of carbonyl (C=O) groups excluding carboxylic acids is 1. The molecule has 3 heterocycles. The number of carbonyl (C=O) groups is 1. The van der Waals surface area contributed by atoms with Crippen molar-refractivity contribution in [3.63, 3.8) is 0 Å². The molecule has 20 heavy (non-hydrogen) atoms. The second kappa shape index (κ2) is 5.79. The molecule has 0 saturated carbocycles. The van der Waals surface area contributed by atoms with Gasteiger partial charge < -0.3 is 9.64 Å². The molecule has 1 atom stereocenters. The number of rotatable bonds is 3. The minimum atomic E-state index is -0.302.